The number of halogens is 1. The maximum atomic E-state index is 14.0. The molecule has 1 rings (SSSR count). The Hall–Kier alpha value is -2.18. The molecule has 1 amide bonds. The van der Waals surface area contributed by atoms with Crippen LogP contribution in [0, 0.1) is 21.8 Å². The van der Waals surface area contributed by atoms with Crippen LogP contribution in [0.2, 0.25) is 0 Å². The van der Waals surface area contributed by atoms with Crippen molar-refractivity contribution in [2.75, 3.05) is 12.3 Å². The van der Waals surface area contributed by atoms with Crippen LogP contribution in [-0.2, 0) is 0 Å². The first kappa shape index (κ1) is 16.9. The topological polar surface area (TPSA) is 89.5 Å². The Morgan fingerprint density at radius 2 is 1.95 bits per heavy atom. The van der Waals surface area contributed by atoms with Crippen LogP contribution in [0.4, 0.5) is 15.8 Å². The fourth-order valence-corrected chi connectivity index (χ4v) is 2.02. The van der Waals surface area contributed by atoms with Crippen molar-refractivity contribution in [1.82, 2.24) is 4.90 Å². The van der Waals surface area contributed by atoms with Gasteiger partial charge >= 0.3 is 0 Å². The first-order chi connectivity index (χ1) is 9.66. The molecule has 0 bridgehead atoms. The predicted octanol–water partition coefficient (Wildman–Crippen LogP) is 2.82. The minimum atomic E-state index is -0.850. The molecule has 1 aromatic rings. The lowest BCUT2D eigenvalue weighted by molar-refractivity contribution is -0.384. The number of nitrogen functional groups attached to an aromatic ring is 1. The number of hydrogen-bond acceptors (Lipinski definition) is 4. The fraction of sp³-hybridized carbons (Fsp3) is 0.500. The summed E-state index contributed by atoms with van der Waals surface area (Å²) in [6, 6.07) is 1.69. The molecule has 0 atom stereocenters. The Morgan fingerprint density at radius 1 is 1.38 bits per heavy atom. The number of nitro benzene ring substituents is 1. The number of anilines is 1. The van der Waals surface area contributed by atoms with Gasteiger partial charge in [0.25, 0.3) is 11.6 Å². The molecule has 0 saturated carbocycles. The monoisotopic (exact) mass is 297 g/mol. The largest absolute Gasteiger partial charge is 0.392 e. The van der Waals surface area contributed by atoms with E-state index in [1.807, 2.05) is 13.8 Å². The summed E-state index contributed by atoms with van der Waals surface area (Å²) in [6.45, 7) is 7.86. The first-order valence-electron chi connectivity index (χ1n) is 6.70. The lowest BCUT2D eigenvalue weighted by Crippen LogP contribution is -2.40. The molecule has 116 valence electrons. The van der Waals surface area contributed by atoms with E-state index in [0.717, 1.165) is 12.1 Å². The maximum absolute atomic E-state index is 14.0. The number of hydrogen-bond donors (Lipinski definition) is 1. The van der Waals surface area contributed by atoms with Crippen molar-refractivity contribution >= 4 is 17.3 Å². The van der Waals surface area contributed by atoms with Crippen LogP contribution in [0.1, 0.15) is 38.1 Å². The molecule has 0 unspecified atom stereocenters. The van der Waals surface area contributed by atoms with Gasteiger partial charge in [-0.2, -0.15) is 0 Å². The fourth-order valence-electron chi connectivity index (χ4n) is 2.02. The van der Waals surface area contributed by atoms with Gasteiger partial charge in [0.05, 0.1) is 4.92 Å². The highest BCUT2D eigenvalue weighted by atomic mass is 19.1. The highest BCUT2D eigenvalue weighted by Crippen LogP contribution is 2.29. The molecule has 0 saturated heterocycles. The first-order valence-corrected chi connectivity index (χ1v) is 6.70. The number of rotatable bonds is 5. The van der Waals surface area contributed by atoms with Crippen molar-refractivity contribution in [2.24, 2.45) is 5.92 Å². The van der Waals surface area contributed by atoms with E-state index in [1.54, 1.807) is 13.8 Å². The number of nitro groups is 1. The van der Waals surface area contributed by atoms with Gasteiger partial charge in [0.15, 0.2) is 0 Å². The van der Waals surface area contributed by atoms with Crippen molar-refractivity contribution in [2.45, 2.75) is 33.7 Å². The zero-order chi connectivity index (χ0) is 16.3. The average Bonchev–Trinajstić information content (AvgIpc) is 2.34. The van der Waals surface area contributed by atoms with Gasteiger partial charge in [-0.25, -0.2) is 4.39 Å². The number of nitrogens with two attached hydrogens (primary N) is 1. The molecule has 21 heavy (non-hydrogen) atoms. The number of amides is 1. The van der Waals surface area contributed by atoms with E-state index < -0.39 is 33.6 Å². The van der Waals surface area contributed by atoms with Gasteiger partial charge in [-0.15, -0.1) is 0 Å². The van der Waals surface area contributed by atoms with Gasteiger partial charge in [0.1, 0.15) is 17.1 Å². The molecular formula is C14H20FN3O3. The second kappa shape index (κ2) is 6.51. The average molecular weight is 297 g/mol. The zero-order valence-electron chi connectivity index (χ0n) is 12.6. The number of nitrogens with zero attached hydrogens (tertiary/aromatic N) is 2. The Kier molecular flexibility index (Phi) is 5.23. The van der Waals surface area contributed by atoms with E-state index in [4.69, 9.17) is 5.73 Å². The molecule has 0 aliphatic heterocycles. The highest BCUT2D eigenvalue weighted by molar-refractivity contribution is 6.01. The highest BCUT2D eigenvalue weighted by Gasteiger charge is 2.28. The summed E-state index contributed by atoms with van der Waals surface area (Å²) in [6.07, 6.45) is 0. The smallest absolute Gasteiger partial charge is 0.293 e. The van der Waals surface area contributed by atoms with Crippen LogP contribution in [0.3, 0.4) is 0 Å². The third-order valence-electron chi connectivity index (χ3n) is 3.03. The molecule has 6 nitrogen and oxygen atoms in total. The summed E-state index contributed by atoms with van der Waals surface area (Å²) >= 11 is 0. The molecule has 0 heterocycles. The predicted molar refractivity (Wildman–Crippen MR) is 78.5 cm³/mol. The quantitative estimate of drug-likeness (QED) is 0.514. The maximum Gasteiger partial charge on any atom is 0.293 e. The Labute approximate surface area is 122 Å². The Balaban J connectivity index is 3.33. The van der Waals surface area contributed by atoms with E-state index in [-0.39, 0.29) is 12.0 Å². The molecule has 0 aliphatic rings. The molecule has 7 heteroatoms. The molecule has 0 radical (unpaired) electrons. The second-order valence-corrected chi connectivity index (χ2v) is 5.56. The van der Waals surface area contributed by atoms with E-state index >= 15 is 0 Å². The van der Waals surface area contributed by atoms with Crippen LogP contribution in [-0.4, -0.2) is 28.3 Å². The third kappa shape index (κ3) is 3.68. The van der Waals surface area contributed by atoms with Crippen molar-refractivity contribution in [3.63, 3.8) is 0 Å². The lowest BCUT2D eigenvalue weighted by Gasteiger charge is -2.29. The van der Waals surface area contributed by atoms with Crippen LogP contribution in [0.5, 0.6) is 0 Å². The number of carbonyl (C=O) groups is 1. The van der Waals surface area contributed by atoms with Crippen molar-refractivity contribution in [3.05, 3.63) is 33.6 Å². The van der Waals surface area contributed by atoms with Crippen LogP contribution >= 0.6 is 0 Å². The normalized spacial score (nSPS) is 11.0. The van der Waals surface area contributed by atoms with Gasteiger partial charge in [-0.3, -0.25) is 14.9 Å². The Bertz CT molecular complexity index is 559. The number of benzene rings is 1. The van der Waals surface area contributed by atoms with Crippen molar-refractivity contribution in [1.29, 1.82) is 0 Å². The van der Waals surface area contributed by atoms with E-state index in [1.165, 1.54) is 4.90 Å². The molecule has 2 N–H and O–H groups in total. The molecular weight excluding hydrogens is 277 g/mol. The molecule has 0 spiro atoms. The summed E-state index contributed by atoms with van der Waals surface area (Å²) in [5.41, 5.74) is 4.30. The molecule has 0 aromatic heterocycles. The number of carbonyl (C=O) groups excluding carboxylic acids is 1. The van der Waals surface area contributed by atoms with Crippen LogP contribution in [0.25, 0.3) is 0 Å². The van der Waals surface area contributed by atoms with E-state index in [2.05, 4.69) is 0 Å². The van der Waals surface area contributed by atoms with Crippen molar-refractivity contribution < 1.29 is 14.1 Å². The SMILES string of the molecule is CC(C)CN(C(=O)c1c(F)ccc([N+](=O)[O-])c1N)C(C)C. The lowest BCUT2D eigenvalue weighted by atomic mass is 10.1. The van der Waals surface area contributed by atoms with Crippen LogP contribution in [0.15, 0.2) is 12.1 Å². The minimum absolute atomic E-state index is 0.169. The second-order valence-electron chi connectivity index (χ2n) is 5.56. The van der Waals surface area contributed by atoms with Gasteiger partial charge in [-0.1, -0.05) is 13.8 Å². The Morgan fingerprint density at radius 3 is 2.38 bits per heavy atom. The summed E-state index contributed by atoms with van der Waals surface area (Å²) in [5, 5.41) is 10.9. The summed E-state index contributed by atoms with van der Waals surface area (Å²) in [7, 11) is 0. The summed E-state index contributed by atoms with van der Waals surface area (Å²) in [5.74, 6) is -1.30. The molecule has 0 aliphatic carbocycles. The summed E-state index contributed by atoms with van der Waals surface area (Å²) < 4.78 is 14.0. The van der Waals surface area contributed by atoms with Gasteiger partial charge < -0.3 is 10.6 Å². The van der Waals surface area contributed by atoms with Gasteiger partial charge in [0.2, 0.25) is 0 Å². The van der Waals surface area contributed by atoms with Crippen molar-refractivity contribution in [3.8, 4) is 0 Å². The van der Waals surface area contributed by atoms with E-state index in [9.17, 15) is 19.3 Å². The summed E-state index contributed by atoms with van der Waals surface area (Å²) in [4.78, 5) is 24.1. The zero-order valence-corrected chi connectivity index (χ0v) is 12.6. The standard InChI is InChI=1S/C14H20FN3O3/c1-8(2)7-17(9(3)4)14(19)12-10(15)5-6-11(13(12)16)18(20)21/h5-6,8-9H,7,16H2,1-4H3. The van der Waals surface area contributed by atoms with Gasteiger partial charge in [0, 0.05) is 18.7 Å². The minimum Gasteiger partial charge on any atom is -0.392 e. The molecule has 0 fully saturated rings. The van der Waals surface area contributed by atoms with Gasteiger partial charge in [-0.05, 0) is 25.8 Å². The third-order valence-corrected chi connectivity index (χ3v) is 3.03. The van der Waals surface area contributed by atoms with E-state index in [0.29, 0.717) is 6.54 Å². The molecule has 1 aromatic carbocycles. The van der Waals surface area contributed by atoms with Crippen LogP contribution < -0.4 is 5.73 Å².